The van der Waals surface area contributed by atoms with Gasteiger partial charge in [-0.1, -0.05) is 83.5 Å². The van der Waals surface area contributed by atoms with Gasteiger partial charge in [0.1, 0.15) is 0 Å². The van der Waals surface area contributed by atoms with Gasteiger partial charge in [0.15, 0.2) is 0 Å². The topological polar surface area (TPSA) is 0 Å². The molecule has 0 spiro atoms. The zero-order chi connectivity index (χ0) is 20.4. The zero-order valence-corrected chi connectivity index (χ0v) is 18.9. The summed E-state index contributed by atoms with van der Waals surface area (Å²) < 4.78 is 0. The summed E-state index contributed by atoms with van der Waals surface area (Å²) in [5, 5.41) is 0. The summed E-state index contributed by atoms with van der Waals surface area (Å²) in [7, 11) is 0. The molecule has 2 aromatic carbocycles. The van der Waals surface area contributed by atoms with Crippen LogP contribution in [0.5, 0.6) is 0 Å². The largest absolute Gasteiger partial charge is 0.0769 e. The van der Waals surface area contributed by atoms with E-state index in [1.54, 1.807) is 11.1 Å². The third-order valence-electron chi connectivity index (χ3n) is 6.71. The second-order valence-electron chi connectivity index (χ2n) is 10.8. The number of hydrogen-bond donors (Lipinski definition) is 0. The van der Waals surface area contributed by atoms with Gasteiger partial charge in [-0.3, -0.25) is 0 Å². The van der Waals surface area contributed by atoms with Crippen molar-refractivity contribution in [2.75, 3.05) is 0 Å². The van der Waals surface area contributed by atoms with E-state index in [1.165, 1.54) is 44.5 Å². The first-order valence-corrected chi connectivity index (χ1v) is 10.7. The molecule has 2 aliphatic rings. The van der Waals surface area contributed by atoms with Crippen LogP contribution in [0.4, 0.5) is 0 Å². The van der Waals surface area contributed by atoms with Crippen molar-refractivity contribution in [3.8, 4) is 11.1 Å². The van der Waals surface area contributed by atoms with E-state index >= 15 is 0 Å². The van der Waals surface area contributed by atoms with E-state index in [4.69, 9.17) is 0 Å². The molecule has 28 heavy (non-hydrogen) atoms. The summed E-state index contributed by atoms with van der Waals surface area (Å²) in [6.07, 6.45) is 4.53. The zero-order valence-electron chi connectivity index (χ0n) is 18.9. The Hall–Kier alpha value is -2.08. The van der Waals surface area contributed by atoms with E-state index in [0.717, 1.165) is 12.8 Å². The predicted molar refractivity (Wildman–Crippen MR) is 123 cm³/mol. The van der Waals surface area contributed by atoms with E-state index in [-0.39, 0.29) is 10.8 Å². The molecule has 0 saturated heterocycles. The summed E-state index contributed by atoms with van der Waals surface area (Å²) in [6.45, 7) is 18.5. The molecule has 0 radical (unpaired) electrons. The normalized spacial score (nSPS) is 16.4. The highest BCUT2D eigenvalue weighted by atomic mass is 14.3. The Labute approximate surface area is 171 Å². The number of hydrogen-bond acceptors (Lipinski definition) is 0. The highest BCUT2D eigenvalue weighted by Gasteiger charge is 2.30. The molecule has 0 saturated carbocycles. The van der Waals surface area contributed by atoms with Gasteiger partial charge in [-0.25, -0.2) is 0 Å². The van der Waals surface area contributed by atoms with Crippen molar-refractivity contribution in [2.24, 2.45) is 0 Å². The molecule has 0 bridgehead atoms. The number of fused-ring (bicyclic) bond motifs is 3. The lowest BCUT2D eigenvalue weighted by Crippen LogP contribution is -2.15. The predicted octanol–water partition coefficient (Wildman–Crippen LogP) is 7.98. The van der Waals surface area contributed by atoms with Gasteiger partial charge >= 0.3 is 0 Å². The van der Waals surface area contributed by atoms with E-state index in [2.05, 4.69) is 91.8 Å². The molecule has 0 aliphatic heterocycles. The van der Waals surface area contributed by atoms with Gasteiger partial charge in [0.05, 0.1) is 0 Å². The number of allylic oxidation sites excluding steroid dienone is 4. The SMILES string of the molecule is CC1=CCC(c2c(C(C)(C)C)ccc3c2Cc2cc(C(C)(C)C)ccc2-3)=C1C. The number of rotatable bonds is 1. The summed E-state index contributed by atoms with van der Waals surface area (Å²) in [4.78, 5) is 0. The van der Waals surface area contributed by atoms with Crippen LogP contribution in [0.15, 0.2) is 47.6 Å². The van der Waals surface area contributed by atoms with Crippen LogP contribution in [0.3, 0.4) is 0 Å². The smallest absolute Gasteiger partial charge is 0.000719 e. The molecule has 146 valence electrons. The van der Waals surface area contributed by atoms with Crippen molar-refractivity contribution in [3.63, 3.8) is 0 Å². The Kier molecular flexibility index (Phi) is 4.27. The fourth-order valence-corrected chi connectivity index (χ4v) is 4.80. The van der Waals surface area contributed by atoms with E-state index < -0.39 is 0 Å². The van der Waals surface area contributed by atoms with Crippen molar-refractivity contribution < 1.29 is 0 Å². The van der Waals surface area contributed by atoms with Crippen LogP contribution >= 0.6 is 0 Å². The van der Waals surface area contributed by atoms with Crippen LogP contribution in [0.1, 0.15) is 89.6 Å². The fourth-order valence-electron chi connectivity index (χ4n) is 4.80. The Balaban J connectivity index is 1.94. The van der Waals surface area contributed by atoms with Crippen LogP contribution in [0.25, 0.3) is 16.7 Å². The van der Waals surface area contributed by atoms with Crippen LogP contribution < -0.4 is 0 Å². The van der Waals surface area contributed by atoms with Gasteiger partial charge in [0, 0.05) is 0 Å². The minimum atomic E-state index is 0.138. The van der Waals surface area contributed by atoms with Gasteiger partial charge in [-0.15, -0.1) is 0 Å². The third kappa shape index (κ3) is 2.98. The van der Waals surface area contributed by atoms with Crippen LogP contribution in [0.2, 0.25) is 0 Å². The van der Waals surface area contributed by atoms with E-state index in [1.807, 2.05) is 0 Å². The van der Waals surface area contributed by atoms with Crippen molar-refractivity contribution in [2.45, 2.75) is 79.1 Å². The molecule has 0 atom stereocenters. The lowest BCUT2D eigenvalue weighted by molar-refractivity contribution is 0.587. The van der Waals surface area contributed by atoms with Gasteiger partial charge in [-0.05, 0) is 87.6 Å². The highest BCUT2D eigenvalue weighted by Crippen LogP contribution is 2.47. The molecule has 0 nitrogen and oxygen atoms in total. The maximum atomic E-state index is 2.45. The average molecular weight is 371 g/mol. The monoisotopic (exact) mass is 370 g/mol. The molecule has 2 aliphatic carbocycles. The second-order valence-corrected chi connectivity index (χ2v) is 10.8. The Morgan fingerprint density at radius 2 is 1.46 bits per heavy atom. The molecule has 4 rings (SSSR count). The number of benzene rings is 2. The average Bonchev–Trinajstić information content (AvgIpc) is 3.12. The van der Waals surface area contributed by atoms with Crippen molar-refractivity contribution in [3.05, 3.63) is 75.4 Å². The van der Waals surface area contributed by atoms with Crippen molar-refractivity contribution in [1.82, 2.24) is 0 Å². The molecule has 0 aromatic heterocycles. The Morgan fingerprint density at radius 1 is 0.786 bits per heavy atom. The fraction of sp³-hybridized carbons (Fsp3) is 0.429. The summed E-state index contributed by atoms with van der Waals surface area (Å²) in [5.74, 6) is 0. The minimum absolute atomic E-state index is 0.138. The van der Waals surface area contributed by atoms with E-state index in [9.17, 15) is 0 Å². The molecular weight excluding hydrogens is 336 g/mol. The lowest BCUT2D eigenvalue weighted by Gasteiger charge is -2.27. The molecule has 0 heterocycles. The first kappa shape index (κ1) is 19.2. The van der Waals surface area contributed by atoms with Gasteiger partial charge in [0.25, 0.3) is 0 Å². The second kappa shape index (κ2) is 6.21. The summed E-state index contributed by atoms with van der Waals surface area (Å²) in [6, 6.07) is 11.9. The Bertz CT molecular complexity index is 1030. The first-order valence-electron chi connectivity index (χ1n) is 10.7. The maximum Gasteiger partial charge on any atom is -0.000719 e. The molecule has 0 N–H and O–H groups in total. The third-order valence-corrected chi connectivity index (χ3v) is 6.71. The van der Waals surface area contributed by atoms with Gasteiger partial charge in [0.2, 0.25) is 0 Å². The highest BCUT2D eigenvalue weighted by molar-refractivity contribution is 5.88. The first-order chi connectivity index (χ1) is 13.0. The Morgan fingerprint density at radius 3 is 2.04 bits per heavy atom. The lowest BCUT2D eigenvalue weighted by atomic mass is 9.77. The quantitative estimate of drug-likeness (QED) is 0.407. The molecule has 0 unspecified atom stereocenters. The molecular formula is C28H34. The molecule has 2 aromatic rings. The van der Waals surface area contributed by atoms with Crippen molar-refractivity contribution >= 4 is 5.57 Å². The van der Waals surface area contributed by atoms with Crippen LogP contribution in [-0.2, 0) is 17.3 Å². The molecule has 0 fully saturated rings. The standard InChI is InChI=1S/C28H34/c1-17-9-11-21(18(17)2)26-24-16-19-15-20(27(3,4)5)10-12-22(19)23(24)13-14-25(26)28(6,7)8/h9-10,12-15H,11,16H2,1-8H3. The molecule has 0 amide bonds. The maximum absolute atomic E-state index is 2.45. The van der Waals surface area contributed by atoms with Gasteiger partial charge < -0.3 is 0 Å². The van der Waals surface area contributed by atoms with Crippen molar-refractivity contribution in [1.29, 1.82) is 0 Å². The summed E-state index contributed by atoms with van der Waals surface area (Å²) >= 11 is 0. The summed E-state index contributed by atoms with van der Waals surface area (Å²) in [5.41, 5.74) is 15.2. The van der Waals surface area contributed by atoms with E-state index in [0.29, 0.717) is 0 Å². The van der Waals surface area contributed by atoms with Crippen LogP contribution in [-0.4, -0.2) is 0 Å². The minimum Gasteiger partial charge on any atom is -0.0769 e. The van der Waals surface area contributed by atoms with Gasteiger partial charge in [-0.2, -0.15) is 0 Å². The van der Waals surface area contributed by atoms with Crippen LogP contribution in [0, 0.1) is 0 Å². The molecule has 0 heteroatoms.